The number of hydrogen-bond donors (Lipinski definition) is 3. The van der Waals surface area contributed by atoms with E-state index in [0.717, 1.165) is 17.7 Å². The SMILES string of the molecule is O=C1CCCc2cc(C(=O)Nc3ccc(S(=O)(=O)Nc4nccs4)cc3)ccc2N1. The highest BCUT2D eigenvalue weighted by Crippen LogP contribution is 2.24. The number of benzene rings is 2. The molecule has 30 heavy (non-hydrogen) atoms. The van der Waals surface area contributed by atoms with Crippen LogP contribution in [0.25, 0.3) is 0 Å². The summed E-state index contributed by atoms with van der Waals surface area (Å²) in [6.07, 6.45) is 3.42. The molecule has 2 heterocycles. The van der Waals surface area contributed by atoms with Crippen molar-refractivity contribution in [2.24, 2.45) is 0 Å². The molecule has 0 spiro atoms. The maximum atomic E-state index is 12.6. The van der Waals surface area contributed by atoms with E-state index in [2.05, 4.69) is 20.3 Å². The second-order valence-corrected chi connectivity index (χ2v) is 9.27. The molecule has 0 bridgehead atoms. The lowest BCUT2D eigenvalue weighted by molar-refractivity contribution is -0.116. The highest BCUT2D eigenvalue weighted by molar-refractivity contribution is 7.93. The van der Waals surface area contributed by atoms with Gasteiger partial charge in [0.05, 0.1) is 4.90 Å². The Morgan fingerprint density at radius 2 is 1.90 bits per heavy atom. The standard InChI is InChI=1S/C20H18N4O4S2/c25-18-3-1-2-13-12-14(4-9-17(13)23-18)19(26)22-15-5-7-16(8-6-15)30(27,28)24-20-21-10-11-29-20/h4-12H,1-3H2,(H,21,24)(H,22,26)(H,23,25). The molecule has 3 aromatic rings. The summed E-state index contributed by atoms with van der Waals surface area (Å²) in [5, 5.41) is 7.56. The van der Waals surface area contributed by atoms with Crippen molar-refractivity contribution < 1.29 is 18.0 Å². The van der Waals surface area contributed by atoms with Gasteiger partial charge in [0.1, 0.15) is 0 Å². The molecular formula is C20H18N4O4S2. The van der Waals surface area contributed by atoms with Gasteiger partial charge in [-0.05, 0) is 60.9 Å². The Kier molecular flexibility index (Phi) is 5.51. The van der Waals surface area contributed by atoms with Crippen LogP contribution in [0.3, 0.4) is 0 Å². The number of aryl methyl sites for hydroxylation is 1. The summed E-state index contributed by atoms with van der Waals surface area (Å²) in [6, 6.07) is 11.0. The van der Waals surface area contributed by atoms with Crippen molar-refractivity contribution in [3.8, 4) is 0 Å². The predicted octanol–water partition coefficient (Wildman–Crippen LogP) is 3.47. The second kappa shape index (κ2) is 8.25. The van der Waals surface area contributed by atoms with Crippen LogP contribution >= 0.6 is 11.3 Å². The summed E-state index contributed by atoms with van der Waals surface area (Å²) in [5.74, 6) is -0.338. The molecule has 0 saturated heterocycles. The molecule has 4 rings (SSSR count). The number of thiazole rings is 1. The van der Waals surface area contributed by atoms with Gasteiger partial charge in [-0.15, -0.1) is 11.3 Å². The van der Waals surface area contributed by atoms with Crippen LogP contribution in [0.5, 0.6) is 0 Å². The van der Waals surface area contributed by atoms with Crippen molar-refractivity contribution in [3.05, 3.63) is 65.2 Å². The second-order valence-electron chi connectivity index (χ2n) is 6.69. The highest BCUT2D eigenvalue weighted by Gasteiger charge is 2.17. The van der Waals surface area contributed by atoms with Crippen molar-refractivity contribution in [3.63, 3.8) is 0 Å². The first-order valence-electron chi connectivity index (χ1n) is 9.17. The number of nitrogens with zero attached hydrogens (tertiary/aromatic N) is 1. The summed E-state index contributed by atoms with van der Waals surface area (Å²) in [7, 11) is -3.75. The van der Waals surface area contributed by atoms with Crippen molar-refractivity contribution in [2.45, 2.75) is 24.2 Å². The van der Waals surface area contributed by atoms with Crippen molar-refractivity contribution in [2.75, 3.05) is 15.4 Å². The lowest BCUT2D eigenvalue weighted by Crippen LogP contribution is -2.14. The Labute approximate surface area is 177 Å². The van der Waals surface area contributed by atoms with E-state index in [4.69, 9.17) is 0 Å². The third-order valence-electron chi connectivity index (χ3n) is 4.57. The zero-order chi connectivity index (χ0) is 21.1. The molecule has 1 aliphatic rings. The van der Waals surface area contributed by atoms with Gasteiger partial charge in [0.25, 0.3) is 15.9 Å². The summed E-state index contributed by atoms with van der Waals surface area (Å²) in [6.45, 7) is 0. The predicted molar refractivity (Wildman–Crippen MR) is 115 cm³/mol. The molecule has 0 atom stereocenters. The van der Waals surface area contributed by atoms with Crippen LogP contribution in [-0.4, -0.2) is 25.2 Å². The molecule has 0 saturated carbocycles. The number of aromatic nitrogens is 1. The van der Waals surface area contributed by atoms with Gasteiger partial charge in [0, 0.05) is 34.9 Å². The summed E-state index contributed by atoms with van der Waals surface area (Å²) < 4.78 is 27.2. The maximum Gasteiger partial charge on any atom is 0.263 e. The van der Waals surface area contributed by atoms with Crippen LogP contribution in [0.2, 0.25) is 0 Å². The average molecular weight is 443 g/mol. The normalized spacial score (nSPS) is 13.7. The first-order chi connectivity index (χ1) is 14.4. The summed E-state index contributed by atoms with van der Waals surface area (Å²) in [5.41, 5.74) is 2.59. The highest BCUT2D eigenvalue weighted by atomic mass is 32.2. The third-order valence-corrected chi connectivity index (χ3v) is 6.74. The van der Waals surface area contributed by atoms with Crippen LogP contribution in [0.15, 0.2) is 58.9 Å². The summed E-state index contributed by atoms with van der Waals surface area (Å²) in [4.78, 5) is 28.2. The Morgan fingerprint density at radius 3 is 2.63 bits per heavy atom. The number of anilines is 3. The number of rotatable bonds is 5. The Hall–Kier alpha value is -3.24. The molecule has 154 valence electrons. The number of amides is 2. The van der Waals surface area contributed by atoms with Gasteiger partial charge in [0.2, 0.25) is 5.91 Å². The van der Waals surface area contributed by atoms with E-state index >= 15 is 0 Å². The first-order valence-corrected chi connectivity index (χ1v) is 11.5. The number of hydrogen-bond acceptors (Lipinski definition) is 6. The smallest absolute Gasteiger partial charge is 0.263 e. The molecular weight excluding hydrogens is 424 g/mol. The molecule has 10 heteroatoms. The molecule has 2 aromatic carbocycles. The fourth-order valence-electron chi connectivity index (χ4n) is 3.08. The van der Waals surface area contributed by atoms with Gasteiger partial charge >= 0.3 is 0 Å². The zero-order valence-electron chi connectivity index (χ0n) is 15.7. The van der Waals surface area contributed by atoms with E-state index in [1.165, 1.54) is 41.8 Å². The van der Waals surface area contributed by atoms with Gasteiger partial charge in [-0.1, -0.05) is 0 Å². The van der Waals surface area contributed by atoms with Crippen LogP contribution in [0, 0.1) is 0 Å². The Morgan fingerprint density at radius 1 is 1.10 bits per heavy atom. The minimum Gasteiger partial charge on any atom is -0.326 e. The largest absolute Gasteiger partial charge is 0.326 e. The van der Waals surface area contributed by atoms with Gasteiger partial charge in [-0.2, -0.15) is 0 Å². The van der Waals surface area contributed by atoms with Crippen LogP contribution in [0.1, 0.15) is 28.8 Å². The molecule has 1 aromatic heterocycles. The minimum atomic E-state index is -3.75. The van der Waals surface area contributed by atoms with Crippen molar-refractivity contribution in [1.82, 2.24) is 4.98 Å². The van der Waals surface area contributed by atoms with Gasteiger partial charge in [0.15, 0.2) is 5.13 Å². The Bertz CT molecular complexity index is 1190. The Balaban J connectivity index is 1.46. The average Bonchev–Trinajstić information content (AvgIpc) is 3.14. The first kappa shape index (κ1) is 20.0. The van der Waals surface area contributed by atoms with E-state index in [-0.39, 0.29) is 21.8 Å². The number of sulfonamides is 1. The molecule has 2 amide bonds. The molecule has 0 radical (unpaired) electrons. The lowest BCUT2D eigenvalue weighted by Gasteiger charge is -2.11. The van der Waals surface area contributed by atoms with Crippen LogP contribution in [0.4, 0.5) is 16.5 Å². The number of fused-ring (bicyclic) bond motifs is 1. The lowest BCUT2D eigenvalue weighted by atomic mass is 10.0. The van der Waals surface area contributed by atoms with E-state index in [0.29, 0.717) is 24.1 Å². The number of carbonyl (C=O) groups is 2. The molecule has 0 aliphatic carbocycles. The van der Waals surface area contributed by atoms with Gasteiger partial charge < -0.3 is 10.6 Å². The topological polar surface area (TPSA) is 117 Å². The summed E-state index contributed by atoms with van der Waals surface area (Å²) >= 11 is 1.18. The van der Waals surface area contributed by atoms with E-state index in [1.807, 2.05) is 0 Å². The quantitative estimate of drug-likeness (QED) is 0.559. The third kappa shape index (κ3) is 4.50. The fourth-order valence-corrected chi connectivity index (χ4v) is 4.87. The van der Waals surface area contributed by atoms with Crippen molar-refractivity contribution in [1.29, 1.82) is 0 Å². The van der Waals surface area contributed by atoms with Crippen molar-refractivity contribution >= 4 is 49.7 Å². The van der Waals surface area contributed by atoms with Gasteiger partial charge in [-0.25, -0.2) is 13.4 Å². The number of carbonyl (C=O) groups excluding carboxylic acids is 2. The van der Waals surface area contributed by atoms with Gasteiger partial charge in [-0.3, -0.25) is 14.3 Å². The van der Waals surface area contributed by atoms with E-state index in [1.54, 1.807) is 23.6 Å². The van der Waals surface area contributed by atoms with Crippen LogP contribution in [-0.2, 0) is 21.2 Å². The molecule has 3 N–H and O–H groups in total. The molecule has 1 aliphatic heterocycles. The molecule has 0 fully saturated rings. The molecule has 8 nitrogen and oxygen atoms in total. The fraction of sp³-hybridized carbons (Fsp3) is 0.150. The minimum absolute atomic E-state index is 0.0228. The zero-order valence-corrected chi connectivity index (χ0v) is 17.3. The maximum absolute atomic E-state index is 12.6. The molecule has 0 unspecified atom stereocenters. The van der Waals surface area contributed by atoms with E-state index < -0.39 is 10.0 Å². The van der Waals surface area contributed by atoms with Crippen LogP contribution < -0.4 is 15.4 Å². The van der Waals surface area contributed by atoms with E-state index in [9.17, 15) is 18.0 Å². The number of nitrogens with one attached hydrogen (secondary N) is 3. The monoisotopic (exact) mass is 442 g/mol.